The summed E-state index contributed by atoms with van der Waals surface area (Å²) in [5.41, 5.74) is 1.84. The van der Waals surface area contributed by atoms with E-state index in [9.17, 15) is 4.79 Å². The van der Waals surface area contributed by atoms with Crippen LogP contribution in [0.25, 0.3) is 0 Å². The number of nitrogens with one attached hydrogen (secondary N) is 1. The highest BCUT2D eigenvalue weighted by Crippen LogP contribution is 2.19. The first-order valence-corrected chi connectivity index (χ1v) is 7.58. The van der Waals surface area contributed by atoms with E-state index in [2.05, 4.69) is 29.1 Å². The maximum atomic E-state index is 12.0. The second kappa shape index (κ2) is 6.61. The summed E-state index contributed by atoms with van der Waals surface area (Å²) in [7, 11) is 0. The monoisotopic (exact) mass is 289 g/mol. The van der Waals surface area contributed by atoms with E-state index in [1.54, 1.807) is 23.7 Å². The van der Waals surface area contributed by atoms with Crippen molar-refractivity contribution >= 4 is 17.2 Å². The van der Waals surface area contributed by atoms with Crippen molar-refractivity contribution in [1.82, 2.24) is 15.3 Å². The van der Waals surface area contributed by atoms with E-state index in [-0.39, 0.29) is 11.9 Å². The van der Waals surface area contributed by atoms with Crippen LogP contribution in [0, 0.1) is 0 Å². The predicted molar refractivity (Wildman–Crippen MR) is 80.7 cm³/mol. The van der Waals surface area contributed by atoms with Crippen molar-refractivity contribution < 1.29 is 4.79 Å². The number of pyridine rings is 1. The molecule has 1 unspecified atom stereocenters. The fourth-order valence-corrected chi connectivity index (χ4v) is 2.68. The molecule has 4 nitrogen and oxygen atoms in total. The maximum absolute atomic E-state index is 12.0. The molecule has 0 radical (unpaired) electrons. The lowest BCUT2D eigenvalue weighted by Crippen LogP contribution is -2.28. The van der Waals surface area contributed by atoms with Crippen molar-refractivity contribution in [3.63, 3.8) is 0 Å². The topological polar surface area (TPSA) is 54.9 Å². The molecule has 5 heteroatoms. The summed E-state index contributed by atoms with van der Waals surface area (Å²) in [5, 5.41) is 6.01. The van der Waals surface area contributed by atoms with Crippen LogP contribution >= 0.6 is 11.3 Å². The van der Waals surface area contributed by atoms with Gasteiger partial charge < -0.3 is 5.32 Å². The summed E-state index contributed by atoms with van der Waals surface area (Å²) in [4.78, 5) is 20.5. The zero-order valence-electron chi connectivity index (χ0n) is 12.0. The molecule has 20 heavy (non-hydrogen) atoms. The van der Waals surface area contributed by atoms with E-state index in [1.807, 2.05) is 24.4 Å². The molecule has 106 valence electrons. The Kier molecular flexibility index (Phi) is 4.84. The van der Waals surface area contributed by atoms with Crippen molar-refractivity contribution in [2.45, 2.75) is 39.2 Å². The lowest BCUT2D eigenvalue weighted by atomic mass is 10.1. The van der Waals surface area contributed by atoms with Crippen molar-refractivity contribution in [2.75, 3.05) is 0 Å². The van der Waals surface area contributed by atoms with Crippen molar-refractivity contribution in [3.8, 4) is 0 Å². The normalized spacial score (nSPS) is 12.4. The van der Waals surface area contributed by atoms with Gasteiger partial charge in [0.05, 0.1) is 23.2 Å². The van der Waals surface area contributed by atoms with E-state index >= 15 is 0 Å². The van der Waals surface area contributed by atoms with Gasteiger partial charge in [0.2, 0.25) is 5.91 Å². The first kappa shape index (κ1) is 14.7. The molecule has 0 spiro atoms. The molecule has 0 bridgehead atoms. The van der Waals surface area contributed by atoms with Crippen LogP contribution in [0.2, 0.25) is 0 Å². The number of carbonyl (C=O) groups is 1. The third-order valence-electron chi connectivity index (χ3n) is 2.97. The molecular formula is C15H19N3OS. The molecule has 1 amide bonds. The maximum Gasteiger partial charge on any atom is 0.226 e. The highest BCUT2D eigenvalue weighted by molar-refractivity contribution is 7.09. The molecule has 0 aromatic carbocycles. The Balaban J connectivity index is 1.92. The Morgan fingerprint density at radius 3 is 2.80 bits per heavy atom. The summed E-state index contributed by atoms with van der Waals surface area (Å²) in [6.45, 7) is 6.16. The Morgan fingerprint density at radius 2 is 2.20 bits per heavy atom. The van der Waals surface area contributed by atoms with Crippen LogP contribution in [0.1, 0.15) is 49.0 Å². The van der Waals surface area contributed by atoms with Gasteiger partial charge in [-0.25, -0.2) is 4.98 Å². The van der Waals surface area contributed by atoms with Crippen LogP contribution in [0.3, 0.4) is 0 Å². The summed E-state index contributed by atoms with van der Waals surface area (Å²) in [6.07, 6.45) is 3.82. The van der Waals surface area contributed by atoms with Crippen LogP contribution in [0.4, 0.5) is 0 Å². The number of rotatable bonds is 5. The van der Waals surface area contributed by atoms with Crippen molar-refractivity contribution in [2.24, 2.45) is 0 Å². The van der Waals surface area contributed by atoms with Crippen LogP contribution in [-0.2, 0) is 11.2 Å². The van der Waals surface area contributed by atoms with E-state index in [0.717, 1.165) is 16.3 Å². The Hall–Kier alpha value is -1.75. The van der Waals surface area contributed by atoms with E-state index in [1.165, 1.54) is 0 Å². The number of hydrogen-bond donors (Lipinski definition) is 1. The zero-order chi connectivity index (χ0) is 14.5. The minimum absolute atomic E-state index is 0.0121. The van der Waals surface area contributed by atoms with Crippen molar-refractivity contribution in [1.29, 1.82) is 0 Å². The largest absolute Gasteiger partial charge is 0.349 e. The standard InChI is InChI=1S/C15H19N3OS/c1-10(2)15-18-13(9-20-15)7-14(19)17-11(3)12-5-4-6-16-8-12/h4-6,8-11H,7H2,1-3H3,(H,17,19). The van der Waals surface area contributed by atoms with Crippen LogP contribution in [0.5, 0.6) is 0 Å². The second-order valence-electron chi connectivity index (χ2n) is 5.08. The van der Waals surface area contributed by atoms with Gasteiger partial charge in [-0.1, -0.05) is 19.9 Å². The van der Waals surface area contributed by atoms with E-state index < -0.39 is 0 Å². The molecule has 0 aliphatic carbocycles. The first-order valence-electron chi connectivity index (χ1n) is 6.70. The molecule has 0 aliphatic heterocycles. The number of nitrogens with zero attached hydrogens (tertiary/aromatic N) is 2. The zero-order valence-corrected chi connectivity index (χ0v) is 12.8. The summed E-state index contributed by atoms with van der Waals surface area (Å²) < 4.78 is 0. The fourth-order valence-electron chi connectivity index (χ4n) is 1.84. The van der Waals surface area contributed by atoms with Gasteiger partial charge in [-0.15, -0.1) is 11.3 Å². The van der Waals surface area contributed by atoms with E-state index in [4.69, 9.17) is 0 Å². The third kappa shape index (κ3) is 3.87. The summed E-state index contributed by atoms with van der Waals surface area (Å²) >= 11 is 1.61. The number of thiazole rings is 1. The van der Waals surface area contributed by atoms with Gasteiger partial charge in [0.1, 0.15) is 0 Å². The minimum Gasteiger partial charge on any atom is -0.349 e. The van der Waals surface area contributed by atoms with Crippen LogP contribution < -0.4 is 5.32 Å². The van der Waals surface area contributed by atoms with Gasteiger partial charge in [0.15, 0.2) is 0 Å². The molecular weight excluding hydrogens is 270 g/mol. The van der Waals surface area contributed by atoms with Gasteiger partial charge in [-0.2, -0.15) is 0 Å². The molecule has 0 saturated carbocycles. The molecule has 2 aromatic rings. The Bertz CT molecular complexity index is 566. The lowest BCUT2D eigenvalue weighted by Gasteiger charge is -2.13. The molecule has 2 heterocycles. The van der Waals surface area contributed by atoms with Crippen molar-refractivity contribution in [3.05, 3.63) is 46.2 Å². The number of amides is 1. The second-order valence-corrected chi connectivity index (χ2v) is 5.97. The number of aromatic nitrogens is 2. The summed E-state index contributed by atoms with van der Waals surface area (Å²) in [6, 6.07) is 3.78. The highest BCUT2D eigenvalue weighted by atomic mass is 32.1. The molecule has 1 N–H and O–H groups in total. The SMILES string of the molecule is CC(C)c1nc(CC(=O)NC(C)c2cccnc2)cs1. The molecule has 0 saturated heterocycles. The number of hydrogen-bond acceptors (Lipinski definition) is 4. The molecule has 2 rings (SSSR count). The Morgan fingerprint density at radius 1 is 1.40 bits per heavy atom. The van der Waals surface area contributed by atoms with E-state index in [0.29, 0.717) is 12.3 Å². The minimum atomic E-state index is -0.0422. The smallest absolute Gasteiger partial charge is 0.226 e. The number of carbonyl (C=O) groups excluding carboxylic acids is 1. The van der Waals surface area contributed by atoms with Gasteiger partial charge in [0.25, 0.3) is 0 Å². The molecule has 0 aliphatic rings. The van der Waals surface area contributed by atoms with Crippen LogP contribution in [-0.4, -0.2) is 15.9 Å². The average molecular weight is 289 g/mol. The summed E-state index contributed by atoms with van der Waals surface area (Å²) in [5.74, 6) is 0.396. The quantitative estimate of drug-likeness (QED) is 0.920. The third-order valence-corrected chi connectivity index (χ3v) is 4.16. The lowest BCUT2D eigenvalue weighted by molar-refractivity contribution is -0.121. The van der Waals surface area contributed by atoms with Gasteiger partial charge in [0, 0.05) is 23.7 Å². The molecule has 1 atom stereocenters. The van der Waals surface area contributed by atoms with Gasteiger partial charge in [-0.05, 0) is 18.6 Å². The first-order chi connectivity index (χ1) is 9.56. The predicted octanol–water partition coefficient (Wildman–Crippen LogP) is 3.08. The average Bonchev–Trinajstić information content (AvgIpc) is 2.88. The fraction of sp³-hybridized carbons (Fsp3) is 0.400. The Labute approximate surface area is 123 Å². The van der Waals surface area contributed by atoms with Crippen LogP contribution in [0.15, 0.2) is 29.9 Å². The molecule has 0 fully saturated rings. The van der Waals surface area contributed by atoms with Gasteiger partial charge in [-0.3, -0.25) is 9.78 Å². The molecule has 2 aromatic heterocycles. The van der Waals surface area contributed by atoms with Gasteiger partial charge >= 0.3 is 0 Å². The highest BCUT2D eigenvalue weighted by Gasteiger charge is 2.12.